The van der Waals surface area contributed by atoms with E-state index < -0.39 is 11.4 Å². The summed E-state index contributed by atoms with van der Waals surface area (Å²) in [4.78, 5) is 29.4. The summed E-state index contributed by atoms with van der Waals surface area (Å²) in [6, 6.07) is 15.4. The number of hydrogen-bond donors (Lipinski definition) is 1. The zero-order valence-corrected chi connectivity index (χ0v) is 18.5. The summed E-state index contributed by atoms with van der Waals surface area (Å²) in [5, 5.41) is 0.806. The minimum atomic E-state index is -0.782. The molecule has 0 amide bonds. The molecule has 3 aromatic heterocycles. The molecule has 1 N–H and O–H groups in total. The van der Waals surface area contributed by atoms with Crippen LogP contribution < -0.4 is 16.2 Å². The second kappa shape index (κ2) is 8.78. The van der Waals surface area contributed by atoms with Crippen LogP contribution in [-0.2, 0) is 13.2 Å². The molecule has 0 bridgehead atoms. The average Bonchev–Trinajstić information content (AvgIpc) is 3.52. The Morgan fingerprint density at radius 3 is 2.76 bits per heavy atom. The minimum absolute atomic E-state index is 0.130. The molecule has 34 heavy (non-hydrogen) atoms. The second-order valence-corrected chi connectivity index (χ2v) is 7.74. The maximum absolute atomic E-state index is 11.6. The summed E-state index contributed by atoms with van der Waals surface area (Å²) in [7, 11) is 0. The van der Waals surface area contributed by atoms with Gasteiger partial charge in [0, 0.05) is 5.56 Å². The van der Waals surface area contributed by atoms with Gasteiger partial charge < -0.3 is 18.1 Å². The molecule has 5 aromatic rings. The Morgan fingerprint density at radius 2 is 2.00 bits per heavy atom. The van der Waals surface area contributed by atoms with Crippen molar-refractivity contribution >= 4 is 16.5 Å². The topological polar surface area (TPSA) is 116 Å². The molecule has 0 spiro atoms. The number of hydrogen-bond acceptors (Lipinski definition) is 7. The van der Waals surface area contributed by atoms with Crippen molar-refractivity contribution in [3.63, 3.8) is 0 Å². The molecule has 2 aromatic carbocycles. The summed E-state index contributed by atoms with van der Waals surface area (Å²) in [6.07, 6.45) is 3.36. The molecular weight excluding hydrogens is 438 g/mol. The van der Waals surface area contributed by atoms with Gasteiger partial charge in [-0.3, -0.25) is 0 Å². The fourth-order valence-electron chi connectivity index (χ4n) is 3.55. The van der Waals surface area contributed by atoms with E-state index in [1.165, 1.54) is 0 Å². The lowest BCUT2D eigenvalue weighted by atomic mass is 10.1. The number of aromatic nitrogens is 3. The van der Waals surface area contributed by atoms with Gasteiger partial charge in [0.25, 0.3) is 0 Å². The van der Waals surface area contributed by atoms with Crippen molar-refractivity contribution in [2.24, 2.45) is 0 Å². The number of fused-ring (bicyclic) bond motifs is 1. The third-order valence-corrected chi connectivity index (χ3v) is 5.46. The van der Waals surface area contributed by atoms with E-state index in [1.54, 1.807) is 12.3 Å². The van der Waals surface area contributed by atoms with Crippen molar-refractivity contribution in [1.82, 2.24) is 14.7 Å². The lowest BCUT2D eigenvalue weighted by Gasteiger charge is -2.05. The Bertz CT molecular complexity index is 1600. The maximum atomic E-state index is 11.6. The van der Waals surface area contributed by atoms with Gasteiger partial charge in [-0.25, -0.2) is 19.6 Å². The number of aromatic amines is 1. The molecule has 0 atom stereocenters. The van der Waals surface area contributed by atoms with E-state index in [-0.39, 0.29) is 13.2 Å². The zero-order valence-electron chi connectivity index (χ0n) is 18.5. The van der Waals surface area contributed by atoms with E-state index in [0.29, 0.717) is 28.7 Å². The minimum Gasteiger partial charge on any atom is -0.483 e. The van der Waals surface area contributed by atoms with Crippen LogP contribution in [0.15, 0.2) is 83.8 Å². The highest BCUT2D eigenvalue weighted by molar-refractivity contribution is 5.87. The number of benzene rings is 2. The summed E-state index contributed by atoms with van der Waals surface area (Å²) in [5.74, 6) is 1.05. The molecule has 0 fully saturated rings. The predicted octanol–water partition coefficient (Wildman–Crippen LogP) is 4.52. The van der Waals surface area contributed by atoms with Gasteiger partial charge >= 0.3 is 11.4 Å². The van der Waals surface area contributed by atoms with Crippen LogP contribution in [-0.4, -0.2) is 14.7 Å². The fourth-order valence-corrected chi connectivity index (χ4v) is 3.55. The number of oxazole rings is 1. The first-order valence-electron chi connectivity index (χ1n) is 10.6. The lowest BCUT2D eigenvalue weighted by Crippen LogP contribution is -2.15. The van der Waals surface area contributed by atoms with Gasteiger partial charge in [-0.2, -0.15) is 0 Å². The molecule has 0 aliphatic carbocycles. The number of nitrogens with one attached hydrogen (secondary N) is 1. The Kier molecular flexibility index (Phi) is 5.51. The summed E-state index contributed by atoms with van der Waals surface area (Å²) in [5.41, 5.74) is 3.51. The molecule has 0 aliphatic rings. The standard InChI is InChI=1S/C25H21N3O6/c1-15(10-11-28-24(29)27-25(30)34-28)18-8-9-21-19(12-18)22(14-32-21)31-13-20-16(2)33-23(26-20)17-6-4-3-5-7-17/h3-10,12,14H,11,13H2,1-2H3,(H,27,29,30). The summed E-state index contributed by atoms with van der Waals surface area (Å²) in [6.45, 7) is 4.12. The van der Waals surface area contributed by atoms with Crippen molar-refractivity contribution in [3.05, 3.63) is 98.9 Å². The molecule has 0 aliphatic heterocycles. The van der Waals surface area contributed by atoms with Gasteiger partial charge in [0.1, 0.15) is 29.9 Å². The Balaban J connectivity index is 1.35. The maximum Gasteiger partial charge on any atom is 0.440 e. The highest BCUT2D eigenvalue weighted by Gasteiger charge is 2.14. The van der Waals surface area contributed by atoms with Crippen molar-refractivity contribution in [1.29, 1.82) is 0 Å². The largest absolute Gasteiger partial charge is 0.483 e. The van der Waals surface area contributed by atoms with Crippen molar-refractivity contribution in [2.75, 3.05) is 0 Å². The van der Waals surface area contributed by atoms with Gasteiger partial charge in [-0.15, -0.1) is 4.74 Å². The van der Waals surface area contributed by atoms with Crippen LogP contribution in [0.2, 0.25) is 0 Å². The third kappa shape index (κ3) is 4.23. The van der Waals surface area contributed by atoms with E-state index in [0.717, 1.165) is 26.8 Å². The first-order valence-corrected chi connectivity index (χ1v) is 10.6. The first kappa shape index (κ1) is 21.3. The van der Waals surface area contributed by atoms with Crippen LogP contribution in [0.3, 0.4) is 0 Å². The number of H-pyrrole nitrogens is 1. The van der Waals surface area contributed by atoms with Gasteiger partial charge in [0.15, 0.2) is 5.75 Å². The lowest BCUT2D eigenvalue weighted by molar-refractivity contribution is 0.261. The number of aryl methyl sites for hydroxylation is 1. The quantitative estimate of drug-likeness (QED) is 0.380. The molecule has 3 heterocycles. The zero-order chi connectivity index (χ0) is 23.7. The molecule has 5 rings (SSSR count). The normalized spacial score (nSPS) is 11.9. The van der Waals surface area contributed by atoms with Crippen LogP contribution in [0.4, 0.5) is 0 Å². The van der Waals surface area contributed by atoms with Crippen LogP contribution in [0.25, 0.3) is 28.0 Å². The van der Waals surface area contributed by atoms with Gasteiger partial charge in [0.2, 0.25) is 5.89 Å². The molecule has 0 radical (unpaired) electrons. The predicted molar refractivity (Wildman–Crippen MR) is 124 cm³/mol. The van der Waals surface area contributed by atoms with Crippen molar-refractivity contribution in [2.45, 2.75) is 27.0 Å². The molecule has 9 heteroatoms. The second-order valence-electron chi connectivity index (χ2n) is 7.74. The van der Waals surface area contributed by atoms with Crippen molar-refractivity contribution in [3.8, 4) is 17.2 Å². The van der Waals surface area contributed by atoms with E-state index in [9.17, 15) is 9.59 Å². The van der Waals surface area contributed by atoms with Crippen LogP contribution in [0, 0.1) is 6.92 Å². The first-order chi connectivity index (χ1) is 16.5. The molecule has 0 saturated carbocycles. The van der Waals surface area contributed by atoms with E-state index in [2.05, 4.69) is 9.97 Å². The number of ether oxygens (including phenoxy) is 1. The smallest absolute Gasteiger partial charge is 0.440 e. The number of allylic oxidation sites excluding steroid dienone is 2. The van der Waals surface area contributed by atoms with E-state index >= 15 is 0 Å². The monoisotopic (exact) mass is 459 g/mol. The average molecular weight is 459 g/mol. The number of furan rings is 1. The highest BCUT2D eigenvalue weighted by Crippen LogP contribution is 2.32. The van der Waals surface area contributed by atoms with Crippen LogP contribution in [0.1, 0.15) is 23.9 Å². The molecule has 0 unspecified atom stereocenters. The Morgan fingerprint density at radius 1 is 1.18 bits per heavy atom. The number of nitrogens with zero attached hydrogens (tertiary/aromatic N) is 2. The summed E-state index contributed by atoms with van der Waals surface area (Å²) < 4.78 is 23.2. The SMILES string of the molecule is CC(=CCn1oc(=O)[nH]c1=O)c1ccc2occ(OCc3nc(-c4ccccc4)oc3C)c2c1. The van der Waals surface area contributed by atoms with Gasteiger partial charge in [-0.1, -0.05) is 30.3 Å². The van der Waals surface area contributed by atoms with Gasteiger partial charge in [0.05, 0.1) is 11.9 Å². The van der Waals surface area contributed by atoms with Gasteiger partial charge in [-0.05, 0) is 49.2 Å². The summed E-state index contributed by atoms with van der Waals surface area (Å²) >= 11 is 0. The van der Waals surface area contributed by atoms with Crippen molar-refractivity contribution < 1.29 is 18.1 Å². The third-order valence-electron chi connectivity index (χ3n) is 5.46. The molecule has 172 valence electrons. The highest BCUT2D eigenvalue weighted by atomic mass is 16.5. The fraction of sp³-hybridized carbons (Fsp3) is 0.160. The van der Waals surface area contributed by atoms with Crippen LogP contribution in [0.5, 0.6) is 5.75 Å². The van der Waals surface area contributed by atoms with E-state index in [4.69, 9.17) is 18.1 Å². The Hall–Kier alpha value is -4.53. The van der Waals surface area contributed by atoms with E-state index in [1.807, 2.05) is 62.4 Å². The van der Waals surface area contributed by atoms with Crippen LogP contribution >= 0.6 is 0 Å². The molecular formula is C25H21N3O6. The molecule has 0 saturated heterocycles. The number of rotatable bonds is 7. The Labute approximate surface area is 192 Å². The molecule has 9 nitrogen and oxygen atoms in total.